The molecule has 1 aliphatic rings. The summed E-state index contributed by atoms with van der Waals surface area (Å²) < 4.78 is 43.2. The maximum Gasteiger partial charge on any atom is 0.433 e. The van der Waals surface area contributed by atoms with Gasteiger partial charge in [0.05, 0.1) is 12.1 Å². The molecule has 10 heteroatoms. The molecule has 0 N–H and O–H groups in total. The summed E-state index contributed by atoms with van der Waals surface area (Å²) in [5, 5.41) is 8.98. The first-order valence-corrected chi connectivity index (χ1v) is 7.59. The molecule has 0 aromatic carbocycles. The zero-order valence-corrected chi connectivity index (χ0v) is 13.3. The lowest BCUT2D eigenvalue weighted by atomic mass is 10.2. The topological polar surface area (TPSA) is 92.0 Å². The molecular formula is C16H12F3N5O2. The van der Waals surface area contributed by atoms with E-state index in [-0.39, 0.29) is 29.8 Å². The predicted molar refractivity (Wildman–Crippen MR) is 80.9 cm³/mol. The number of pyridine rings is 1. The Kier molecular flexibility index (Phi) is 4.71. The van der Waals surface area contributed by atoms with Crippen molar-refractivity contribution in [2.24, 2.45) is 0 Å². The molecule has 0 aliphatic carbocycles. The van der Waals surface area contributed by atoms with Crippen LogP contribution in [0.4, 0.5) is 13.2 Å². The second kappa shape index (κ2) is 6.95. The van der Waals surface area contributed by atoms with Crippen LogP contribution in [0.3, 0.4) is 0 Å². The van der Waals surface area contributed by atoms with E-state index in [4.69, 9.17) is 10.00 Å². The predicted octanol–water partition coefficient (Wildman–Crippen LogP) is 2.06. The molecule has 134 valence electrons. The Morgan fingerprint density at radius 3 is 2.69 bits per heavy atom. The summed E-state index contributed by atoms with van der Waals surface area (Å²) in [6, 6.07) is 3.74. The minimum absolute atomic E-state index is 0.0456. The van der Waals surface area contributed by atoms with E-state index < -0.39 is 17.8 Å². The van der Waals surface area contributed by atoms with Gasteiger partial charge in [-0.25, -0.2) is 9.97 Å². The van der Waals surface area contributed by atoms with E-state index in [9.17, 15) is 18.0 Å². The number of hydrogen-bond acceptors (Lipinski definition) is 6. The van der Waals surface area contributed by atoms with E-state index >= 15 is 0 Å². The molecule has 7 nitrogen and oxygen atoms in total. The minimum Gasteiger partial charge on any atom is -0.470 e. The van der Waals surface area contributed by atoms with Crippen LogP contribution < -0.4 is 4.74 Å². The van der Waals surface area contributed by atoms with E-state index in [1.54, 1.807) is 0 Å². The Hall–Kier alpha value is -3.22. The summed E-state index contributed by atoms with van der Waals surface area (Å²) in [5.74, 6) is -0.345. The number of carbonyl (C=O) groups is 1. The normalized spacial score (nSPS) is 17.0. The first-order valence-electron chi connectivity index (χ1n) is 7.59. The third-order valence-corrected chi connectivity index (χ3v) is 3.78. The van der Waals surface area contributed by atoms with Crippen molar-refractivity contribution >= 4 is 5.91 Å². The van der Waals surface area contributed by atoms with Crippen molar-refractivity contribution in [3.63, 3.8) is 0 Å². The molecule has 3 heterocycles. The van der Waals surface area contributed by atoms with Crippen LogP contribution in [-0.2, 0) is 6.18 Å². The van der Waals surface area contributed by atoms with Crippen molar-refractivity contribution in [2.45, 2.75) is 18.7 Å². The van der Waals surface area contributed by atoms with Gasteiger partial charge in [-0.3, -0.25) is 9.78 Å². The number of alkyl halides is 3. The minimum atomic E-state index is -4.55. The lowest BCUT2D eigenvalue weighted by Crippen LogP contribution is -2.31. The van der Waals surface area contributed by atoms with Crippen LogP contribution in [0.15, 0.2) is 30.7 Å². The van der Waals surface area contributed by atoms with E-state index in [1.807, 2.05) is 6.07 Å². The molecule has 1 atom stereocenters. The van der Waals surface area contributed by atoms with Gasteiger partial charge in [0, 0.05) is 31.6 Å². The summed E-state index contributed by atoms with van der Waals surface area (Å²) in [7, 11) is 0. The van der Waals surface area contributed by atoms with E-state index in [1.165, 1.54) is 17.3 Å². The average molecular weight is 363 g/mol. The molecule has 0 spiro atoms. The molecule has 3 rings (SSSR count). The van der Waals surface area contributed by atoms with Crippen LogP contribution in [0.1, 0.15) is 28.2 Å². The van der Waals surface area contributed by atoms with Gasteiger partial charge in [0.25, 0.3) is 11.8 Å². The summed E-state index contributed by atoms with van der Waals surface area (Å²) in [5.41, 5.74) is -0.941. The van der Waals surface area contributed by atoms with Crippen LogP contribution in [0.5, 0.6) is 5.88 Å². The summed E-state index contributed by atoms with van der Waals surface area (Å²) in [6.45, 7) is 0.591. The fourth-order valence-electron chi connectivity index (χ4n) is 2.53. The Labute approximate surface area is 146 Å². The first-order chi connectivity index (χ1) is 12.4. The zero-order chi connectivity index (χ0) is 18.7. The molecule has 0 saturated carbocycles. The Bertz CT molecular complexity index is 848. The highest BCUT2D eigenvalue weighted by Crippen LogP contribution is 2.27. The number of hydrogen-bond donors (Lipinski definition) is 0. The monoisotopic (exact) mass is 363 g/mol. The number of halogens is 3. The molecule has 0 radical (unpaired) electrons. The smallest absolute Gasteiger partial charge is 0.433 e. The maximum atomic E-state index is 12.5. The van der Waals surface area contributed by atoms with Gasteiger partial charge in [0.1, 0.15) is 17.9 Å². The van der Waals surface area contributed by atoms with Gasteiger partial charge in [0.15, 0.2) is 0 Å². The van der Waals surface area contributed by atoms with Gasteiger partial charge in [-0.05, 0) is 12.1 Å². The number of aromatic nitrogens is 3. The number of carbonyl (C=O) groups excluding carboxylic acids is 1. The van der Waals surface area contributed by atoms with Crippen molar-refractivity contribution in [3.8, 4) is 11.9 Å². The Morgan fingerprint density at radius 1 is 1.27 bits per heavy atom. The fraction of sp³-hybridized carbons (Fsp3) is 0.312. The third-order valence-electron chi connectivity index (χ3n) is 3.78. The SMILES string of the molecule is N#Cc1nccnc1O[C@H]1CCN(C(=O)c2ccc(C(F)(F)F)nc2)C1. The van der Waals surface area contributed by atoms with Gasteiger partial charge >= 0.3 is 6.18 Å². The van der Waals surface area contributed by atoms with Gasteiger partial charge in [-0.1, -0.05) is 0 Å². The lowest BCUT2D eigenvalue weighted by molar-refractivity contribution is -0.141. The molecule has 1 aliphatic heterocycles. The quantitative estimate of drug-likeness (QED) is 0.829. The van der Waals surface area contributed by atoms with Crippen LogP contribution >= 0.6 is 0 Å². The lowest BCUT2D eigenvalue weighted by Gasteiger charge is -2.17. The number of rotatable bonds is 3. The first kappa shape index (κ1) is 17.6. The van der Waals surface area contributed by atoms with Crippen LogP contribution in [0.25, 0.3) is 0 Å². The molecule has 1 amide bonds. The molecule has 2 aromatic heterocycles. The second-order valence-corrected chi connectivity index (χ2v) is 5.53. The molecule has 0 unspecified atom stereocenters. The van der Waals surface area contributed by atoms with Crippen molar-refractivity contribution in [2.75, 3.05) is 13.1 Å². The van der Waals surface area contributed by atoms with Gasteiger partial charge in [0.2, 0.25) is 5.69 Å². The third kappa shape index (κ3) is 3.72. The van der Waals surface area contributed by atoms with Gasteiger partial charge in [-0.2, -0.15) is 18.4 Å². The van der Waals surface area contributed by atoms with E-state index in [2.05, 4.69) is 15.0 Å². The van der Waals surface area contributed by atoms with Gasteiger partial charge in [-0.15, -0.1) is 0 Å². The number of amides is 1. The van der Waals surface area contributed by atoms with Crippen LogP contribution in [0, 0.1) is 11.3 Å². The second-order valence-electron chi connectivity index (χ2n) is 5.53. The molecular weight excluding hydrogens is 351 g/mol. The van der Waals surface area contributed by atoms with Crippen molar-refractivity contribution in [1.29, 1.82) is 5.26 Å². The highest BCUT2D eigenvalue weighted by Gasteiger charge is 2.33. The summed E-state index contributed by atoms with van der Waals surface area (Å²) >= 11 is 0. The highest BCUT2D eigenvalue weighted by atomic mass is 19.4. The standard InChI is InChI=1S/C16H12F3N5O2/c17-16(18,19)13-2-1-10(8-23-13)15(25)24-6-3-11(9-24)26-14-12(7-20)21-4-5-22-14/h1-2,4-5,8,11H,3,6,9H2/t11-/m0/s1. The number of nitriles is 1. The number of nitrogens with zero attached hydrogens (tertiary/aromatic N) is 5. The maximum absolute atomic E-state index is 12.5. The summed E-state index contributed by atoms with van der Waals surface area (Å²) in [6.07, 6.45) is -0.763. The van der Waals surface area contributed by atoms with E-state index in [0.717, 1.165) is 18.3 Å². The van der Waals surface area contributed by atoms with Gasteiger partial charge < -0.3 is 9.64 Å². The fourth-order valence-corrected chi connectivity index (χ4v) is 2.53. The van der Waals surface area contributed by atoms with Crippen molar-refractivity contribution < 1.29 is 22.7 Å². The average Bonchev–Trinajstić information content (AvgIpc) is 3.09. The van der Waals surface area contributed by atoms with Crippen molar-refractivity contribution in [1.82, 2.24) is 19.9 Å². The van der Waals surface area contributed by atoms with Crippen LogP contribution in [-0.4, -0.2) is 45.0 Å². The molecule has 1 fully saturated rings. The Balaban J connectivity index is 1.65. The largest absolute Gasteiger partial charge is 0.470 e. The zero-order valence-electron chi connectivity index (χ0n) is 13.3. The van der Waals surface area contributed by atoms with E-state index in [0.29, 0.717) is 13.0 Å². The molecule has 0 bridgehead atoms. The molecule has 2 aromatic rings. The highest BCUT2D eigenvalue weighted by molar-refractivity contribution is 5.94. The van der Waals surface area contributed by atoms with Crippen LogP contribution in [0.2, 0.25) is 0 Å². The van der Waals surface area contributed by atoms with Crippen molar-refractivity contribution in [3.05, 3.63) is 47.7 Å². The number of ether oxygens (including phenoxy) is 1. The Morgan fingerprint density at radius 2 is 2.04 bits per heavy atom. The molecule has 26 heavy (non-hydrogen) atoms. The number of likely N-dealkylation sites (tertiary alicyclic amines) is 1. The molecule has 1 saturated heterocycles. The summed E-state index contributed by atoms with van der Waals surface area (Å²) in [4.78, 5) is 24.9.